The standard InChI is InChI=1S/C11H13FO/c1-11(2,6-7-13)9-4-3-5-10(12)8-9/h3-5,7-8H,6H2,1-2H3. The van der Waals surface area contributed by atoms with Crippen LogP contribution in [0.15, 0.2) is 24.3 Å². The van der Waals surface area contributed by atoms with Crippen LogP contribution >= 0.6 is 0 Å². The molecule has 0 saturated carbocycles. The van der Waals surface area contributed by atoms with Gasteiger partial charge in [0.1, 0.15) is 12.1 Å². The fraction of sp³-hybridized carbons (Fsp3) is 0.364. The third kappa shape index (κ3) is 2.38. The Bertz CT molecular complexity index is 305. The molecule has 0 N–H and O–H groups in total. The monoisotopic (exact) mass is 180 g/mol. The number of benzene rings is 1. The van der Waals surface area contributed by atoms with Crippen molar-refractivity contribution in [3.05, 3.63) is 35.6 Å². The molecule has 0 aliphatic heterocycles. The van der Waals surface area contributed by atoms with Crippen LogP contribution in [-0.2, 0) is 10.2 Å². The van der Waals surface area contributed by atoms with E-state index in [0.29, 0.717) is 6.42 Å². The molecule has 0 radical (unpaired) electrons. The van der Waals surface area contributed by atoms with Crippen molar-refractivity contribution in [3.8, 4) is 0 Å². The summed E-state index contributed by atoms with van der Waals surface area (Å²) >= 11 is 0. The van der Waals surface area contributed by atoms with E-state index in [1.807, 2.05) is 19.9 Å². The van der Waals surface area contributed by atoms with Gasteiger partial charge in [-0.1, -0.05) is 26.0 Å². The largest absolute Gasteiger partial charge is 0.303 e. The van der Waals surface area contributed by atoms with Crippen LogP contribution in [0.25, 0.3) is 0 Å². The van der Waals surface area contributed by atoms with E-state index in [2.05, 4.69) is 0 Å². The highest BCUT2D eigenvalue weighted by molar-refractivity contribution is 5.53. The Labute approximate surface area is 77.6 Å². The maximum Gasteiger partial charge on any atom is 0.123 e. The van der Waals surface area contributed by atoms with E-state index in [1.165, 1.54) is 12.1 Å². The molecule has 0 spiro atoms. The maximum atomic E-state index is 12.8. The molecule has 1 aromatic carbocycles. The van der Waals surface area contributed by atoms with Crippen LogP contribution in [0, 0.1) is 5.82 Å². The van der Waals surface area contributed by atoms with E-state index < -0.39 is 0 Å². The van der Waals surface area contributed by atoms with Crippen molar-refractivity contribution in [2.45, 2.75) is 25.7 Å². The second kappa shape index (κ2) is 3.69. The molecule has 0 unspecified atom stereocenters. The summed E-state index contributed by atoms with van der Waals surface area (Å²) in [6.45, 7) is 3.85. The molecule has 0 bridgehead atoms. The van der Waals surface area contributed by atoms with Crippen LogP contribution in [0.5, 0.6) is 0 Å². The number of carbonyl (C=O) groups is 1. The van der Waals surface area contributed by atoms with Gasteiger partial charge >= 0.3 is 0 Å². The number of rotatable bonds is 3. The maximum absolute atomic E-state index is 12.8. The fourth-order valence-corrected chi connectivity index (χ4v) is 1.24. The molecule has 2 heteroatoms. The Kier molecular flexibility index (Phi) is 2.81. The van der Waals surface area contributed by atoms with E-state index in [9.17, 15) is 9.18 Å². The van der Waals surface area contributed by atoms with Crippen LogP contribution in [0.1, 0.15) is 25.8 Å². The molecule has 1 nitrogen and oxygen atoms in total. The predicted octanol–water partition coefficient (Wildman–Crippen LogP) is 2.69. The van der Waals surface area contributed by atoms with Crippen LogP contribution < -0.4 is 0 Å². The Balaban J connectivity index is 2.99. The minimum atomic E-state index is -0.274. The van der Waals surface area contributed by atoms with Crippen molar-refractivity contribution >= 4 is 6.29 Å². The summed E-state index contributed by atoms with van der Waals surface area (Å²) in [4.78, 5) is 10.4. The van der Waals surface area contributed by atoms with E-state index in [4.69, 9.17) is 0 Å². The lowest BCUT2D eigenvalue weighted by Crippen LogP contribution is -2.17. The van der Waals surface area contributed by atoms with Gasteiger partial charge in [0.2, 0.25) is 0 Å². The zero-order chi connectivity index (χ0) is 9.90. The lowest BCUT2D eigenvalue weighted by atomic mass is 9.82. The molecule has 0 fully saturated rings. The van der Waals surface area contributed by atoms with Crippen molar-refractivity contribution in [1.29, 1.82) is 0 Å². The summed E-state index contributed by atoms with van der Waals surface area (Å²) in [5, 5.41) is 0. The minimum Gasteiger partial charge on any atom is -0.303 e. The zero-order valence-corrected chi connectivity index (χ0v) is 7.88. The predicted molar refractivity (Wildman–Crippen MR) is 50.1 cm³/mol. The van der Waals surface area contributed by atoms with Gasteiger partial charge in [-0.05, 0) is 23.1 Å². The quantitative estimate of drug-likeness (QED) is 0.653. The van der Waals surface area contributed by atoms with Crippen molar-refractivity contribution in [2.24, 2.45) is 0 Å². The molecular formula is C11H13FO. The fourth-order valence-electron chi connectivity index (χ4n) is 1.24. The second-order valence-corrected chi connectivity index (χ2v) is 3.77. The highest BCUT2D eigenvalue weighted by Gasteiger charge is 2.19. The first-order chi connectivity index (χ1) is 6.06. The Hall–Kier alpha value is -1.18. The first-order valence-corrected chi connectivity index (χ1v) is 4.26. The molecule has 1 aromatic rings. The summed E-state index contributed by atoms with van der Waals surface area (Å²) in [7, 11) is 0. The first kappa shape index (κ1) is 9.90. The zero-order valence-electron chi connectivity index (χ0n) is 7.88. The smallest absolute Gasteiger partial charge is 0.123 e. The minimum absolute atomic E-state index is 0.253. The lowest BCUT2D eigenvalue weighted by molar-refractivity contribution is -0.108. The van der Waals surface area contributed by atoms with Gasteiger partial charge in [0.25, 0.3) is 0 Å². The number of hydrogen-bond donors (Lipinski definition) is 0. The molecule has 70 valence electrons. The van der Waals surface area contributed by atoms with Crippen LogP contribution in [0.4, 0.5) is 4.39 Å². The van der Waals surface area contributed by atoms with E-state index in [-0.39, 0.29) is 11.2 Å². The summed E-state index contributed by atoms with van der Waals surface area (Å²) in [5.41, 5.74) is 0.587. The van der Waals surface area contributed by atoms with Crippen molar-refractivity contribution < 1.29 is 9.18 Å². The molecule has 0 atom stereocenters. The Morgan fingerprint density at radius 1 is 1.46 bits per heavy atom. The average Bonchev–Trinajstić information content (AvgIpc) is 2.04. The summed E-state index contributed by atoms with van der Waals surface area (Å²) in [5.74, 6) is -0.253. The number of carbonyl (C=O) groups excluding carboxylic acids is 1. The van der Waals surface area contributed by atoms with Gasteiger partial charge in [-0.25, -0.2) is 4.39 Å². The topological polar surface area (TPSA) is 17.1 Å². The highest BCUT2D eigenvalue weighted by atomic mass is 19.1. The number of hydrogen-bond acceptors (Lipinski definition) is 1. The Morgan fingerprint density at radius 3 is 2.69 bits per heavy atom. The Morgan fingerprint density at radius 2 is 2.15 bits per heavy atom. The molecule has 0 heterocycles. The summed E-state index contributed by atoms with van der Waals surface area (Å²) < 4.78 is 12.8. The van der Waals surface area contributed by atoms with Crippen molar-refractivity contribution in [3.63, 3.8) is 0 Å². The molecule has 13 heavy (non-hydrogen) atoms. The normalized spacial score (nSPS) is 11.3. The first-order valence-electron chi connectivity index (χ1n) is 4.26. The van der Waals surface area contributed by atoms with Crippen molar-refractivity contribution in [2.75, 3.05) is 0 Å². The average molecular weight is 180 g/mol. The lowest BCUT2D eigenvalue weighted by Gasteiger charge is -2.22. The van der Waals surface area contributed by atoms with Crippen LogP contribution in [0.3, 0.4) is 0 Å². The third-order valence-corrected chi connectivity index (χ3v) is 2.20. The molecule has 0 aromatic heterocycles. The van der Waals surface area contributed by atoms with Gasteiger partial charge in [-0.3, -0.25) is 0 Å². The van der Waals surface area contributed by atoms with E-state index in [1.54, 1.807) is 6.07 Å². The molecule has 0 aliphatic carbocycles. The summed E-state index contributed by atoms with van der Waals surface area (Å²) in [6, 6.07) is 6.38. The van der Waals surface area contributed by atoms with Gasteiger partial charge in [0.15, 0.2) is 0 Å². The summed E-state index contributed by atoms with van der Waals surface area (Å²) in [6.07, 6.45) is 1.28. The second-order valence-electron chi connectivity index (χ2n) is 3.77. The molecular weight excluding hydrogens is 167 g/mol. The molecule has 0 amide bonds. The van der Waals surface area contributed by atoms with Gasteiger partial charge in [0, 0.05) is 6.42 Å². The van der Waals surface area contributed by atoms with E-state index >= 15 is 0 Å². The van der Waals surface area contributed by atoms with Gasteiger partial charge in [-0.15, -0.1) is 0 Å². The van der Waals surface area contributed by atoms with E-state index in [0.717, 1.165) is 11.8 Å². The molecule has 1 rings (SSSR count). The number of aldehydes is 1. The van der Waals surface area contributed by atoms with Gasteiger partial charge < -0.3 is 4.79 Å². The van der Waals surface area contributed by atoms with Crippen LogP contribution in [-0.4, -0.2) is 6.29 Å². The SMILES string of the molecule is CC(C)(CC=O)c1cccc(F)c1. The highest BCUT2D eigenvalue weighted by Crippen LogP contribution is 2.26. The van der Waals surface area contributed by atoms with Crippen molar-refractivity contribution in [1.82, 2.24) is 0 Å². The van der Waals surface area contributed by atoms with Gasteiger partial charge in [-0.2, -0.15) is 0 Å². The number of halogens is 1. The third-order valence-electron chi connectivity index (χ3n) is 2.20. The molecule has 0 aliphatic rings. The molecule has 0 saturated heterocycles. The van der Waals surface area contributed by atoms with Gasteiger partial charge in [0.05, 0.1) is 0 Å². The van der Waals surface area contributed by atoms with Crippen LogP contribution in [0.2, 0.25) is 0 Å².